The Morgan fingerprint density at radius 1 is 1.29 bits per heavy atom. The molecule has 0 amide bonds. The van der Waals surface area contributed by atoms with Gasteiger partial charge in [0.15, 0.2) is 0 Å². The minimum Gasteiger partial charge on any atom is -0.384 e. The molecule has 0 heterocycles. The van der Waals surface area contributed by atoms with E-state index in [2.05, 4.69) is 5.32 Å². The smallest absolute Gasteiger partial charge is 0.128 e. The van der Waals surface area contributed by atoms with Crippen molar-refractivity contribution < 1.29 is 13.0 Å². The molecule has 1 rings (SSSR count). The van der Waals surface area contributed by atoms with Gasteiger partial charge in [-0.25, -0.2) is 8.78 Å². The molecule has 0 fully saturated rings. The fraction of sp³-hybridized carbons (Fsp3) is 0.333. The van der Waals surface area contributed by atoms with Crippen molar-refractivity contribution in [1.29, 1.82) is 0 Å². The molecule has 14 heavy (non-hydrogen) atoms. The first kappa shape index (κ1) is 11.1. The van der Waals surface area contributed by atoms with Crippen LogP contribution in [0.1, 0.15) is 0 Å². The van der Waals surface area contributed by atoms with E-state index in [1.54, 1.807) is 6.26 Å². The Morgan fingerprint density at radius 2 is 1.86 bits per heavy atom. The second kappa shape index (κ2) is 5.05. The average Bonchev–Trinajstić information content (AvgIpc) is 2.01. The van der Waals surface area contributed by atoms with E-state index in [0.717, 1.165) is 6.07 Å². The zero-order valence-corrected chi connectivity index (χ0v) is 8.54. The summed E-state index contributed by atoms with van der Waals surface area (Å²) in [5, 5.41) is 2.78. The summed E-state index contributed by atoms with van der Waals surface area (Å²) in [5.41, 5.74) is 0.368. The summed E-state index contributed by atoms with van der Waals surface area (Å²) in [6.07, 6.45) is 1.58. The van der Waals surface area contributed by atoms with Crippen molar-refractivity contribution in [2.75, 3.05) is 23.9 Å². The van der Waals surface area contributed by atoms with Crippen LogP contribution in [0.5, 0.6) is 0 Å². The van der Waals surface area contributed by atoms with E-state index in [-0.39, 0.29) is 0 Å². The van der Waals surface area contributed by atoms with Crippen LogP contribution in [0.3, 0.4) is 0 Å². The number of anilines is 1. The molecule has 0 aliphatic heterocycles. The van der Waals surface area contributed by atoms with Gasteiger partial charge < -0.3 is 5.32 Å². The van der Waals surface area contributed by atoms with Gasteiger partial charge in [0.05, 0.1) is 0 Å². The summed E-state index contributed by atoms with van der Waals surface area (Å²) in [6, 6.07) is 3.20. The number of rotatable bonds is 4. The molecular weight excluding hydrogens is 208 g/mol. The molecule has 0 aromatic heterocycles. The third kappa shape index (κ3) is 3.83. The standard InChI is InChI=1S/C9H11F2NOS/c1-14(13)3-2-12-9-5-7(10)4-8(11)6-9/h4-6,12H,2-3H2,1H3. The third-order valence-electron chi connectivity index (χ3n) is 1.58. The van der Waals surface area contributed by atoms with Crippen LogP contribution in [0.25, 0.3) is 0 Å². The van der Waals surface area contributed by atoms with Crippen molar-refractivity contribution in [3.63, 3.8) is 0 Å². The molecule has 78 valence electrons. The fourth-order valence-corrected chi connectivity index (χ4v) is 1.38. The predicted octanol–water partition coefficient (Wildman–Crippen LogP) is 1.76. The maximum atomic E-state index is 12.7. The summed E-state index contributed by atoms with van der Waals surface area (Å²) < 4.78 is 36.0. The van der Waals surface area contributed by atoms with Crippen LogP contribution in [-0.4, -0.2) is 22.8 Å². The Hall–Kier alpha value is -0.970. The van der Waals surface area contributed by atoms with Crippen molar-refractivity contribution in [3.8, 4) is 0 Å². The molecule has 1 unspecified atom stereocenters. The molecule has 0 radical (unpaired) electrons. The minimum atomic E-state index is -0.900. The Balaban J connectivity index is 2.54. The highest BCUT2D eigenvalue weighted by atomic mass is 32.2. The van der Waals surface area contributed by atoms with Crippen molar-refractivity contribution in [3.05, 3.63) is 29.8 Å². The van der Waals surface area contributed by atoms with E-state index in [1.807, 2.05) is 0 Å². The van der Waals surface area contributed by atoms with Gasteiger partial charge in [-0.3, -0.25) is 4.21 Å². The van der Waals surface area contributed by atoms with Gasteiger partial charge in [-0.1, -0.05) is 0 Å². The largest absolute Gasteiger partial charge is 0.384 e. The van der Waals surface area contributed by atoms with E-state index in [1.165, 1.54) is 12.1 Å². The predicted molar refractivity (Wildman–Crippen MR) is 53.8 cm³/mol. The second-order valence-electron chi connectivity index (χ2n) is 2.86. The Kier molecular flexibility index (Phi) is 4.00. The quantitative estimate of drug-likeness (QED) is 0.836. The normalized spacial score (nSPS) is 12.5. The highest BCUT2D eigenvalue weighted by molar-refractivity contribution is 7.84. The number of benzene rings is 1. The first-order valence-electron chi connectivity index (χ1n) is 4.08. The number of halogens is 2. The van der Waals surface area contributed by atoms with E-state index in [0.29, 0.717) is 18.0 Å². The van der Waals surface area contributed by atoms with Gasteiger partial charge in [-0.05, 0) is 12.1 Å². The highest BCUT2D eigenvalue weighted by Gasteiger charge is 1.99. The van der Waals surface area contributed by atoms with Crippen LogP contribution in [0.4, 0.5) is 14.5 Å². The lowest BCUT2D eigenvalue weighted by atomic mass is 10.3. The molecule has 0 spiro atoms. The minimum absolute atomic E-state index is 0.368. The summed E-state index contributed by atoms with van der Waals surface area (Å²) in [4.78, 5) is 0. The molecule has 1 aromatic carbocycles. The van der Waals surface area contributed by atoms with Crippen LogP contribution in [-0.2, 0) is 10.8 Å². The van der Waals surface area contributed by atoms with Crippen molar-refractivity contribution >= 4 is 16.5 Å². The second-order valence-corrected chi connectivity index (χ2v) is 4.42. The zero-order valence-electron chi connectivity index (χ0n) is 7.72. The van der Waals surface area contributed by atoms with Crippen LogP contribution in [0, 0.1) is 11.6 Å². The molecular formula is C9H11F2NOS. The SMILES string of the molecule is CS(=O)CCNc1cc(F)cc(F)c1. The van der Waals surface area contributed by atoms with E-state index < -0.39 is 22.4 Å². The molecule has 2 nitrogen and oxygen atoms in total. The van der Waals surface area contributed by atoms with Crippen molar-refractivity contribution in [1.82, 2.24) is 0 Å². The van der Waals surface area contributed by atoms with Crippen molar-refractivity contribution in [2.45, 2.75) is 0 Å². The summed E-state index contributed by atoms with van der Waals surface area (Å²) in [7, 11) is -0.900. The monoisotopic (exact) mass is 219 g/mol. The van der Waals surface area contributed by atoms with E-state index in [9.17, 15) is 13.0 Å². The van der Waals surface area contributed by atoms with E-state index >= 15 is 0 Å². The highest BCUT2D eigenvalue weighted by Crippen LogP contribution is 2.12. The fourth-order valence-electron chi connectivity index (χ4n) is 0.995. The molecule has 1 N–H and O–H groups in total. The molecule has 0 bridgehead atoms. The van der Waals surface area contributed by atoms with Crippen molar-refractivity contribution in [2.24, 2.45) is 0 Å². The summed E-state index contributed by atoms with van der Waals surface area (Å²) in [5.74, 6) is -0.784. The first-order chi connectivity index (χ1) is 6.58. The van der Waals surface area contributed by atoms with Gasteiger partial charge in [0.2, 0.25) is 0 Å². The molecule has 1 aromatic rings. The molecule has 0 aliphatic carbocycles. The third-order valence-corrected chi connectivity index (χ3v) is 2.36. The number of hydrogen-bond donors (Lipinski definition) is 1. The number of nitrogens with one attached hydrogen (secondary N) is 1. The molecule has 1 atom stereocenters. The lowest BCUT2D eigenvalue weighted by molar-refractivity contribution is 0.584. The number of hydrogen-bond acceptors (Lipinski definition) is 2. The topological polar surface area (TPSA) is 29.1 Å². The van der Waals surface area contributed by atoms with Gasteiger partial charge in [-0.2, -0.15) is 0 Å². The lowest BCUT2D eigenvalue weighted by Crippen LogP contribution is -2.10. The summed E-state index contributed by atoms with van der Waals surface area (Å²) in [6.45, 7) is 0.437. The van der Waals surface area contributed by atoms with E-state index in [4.69, 9.17) is 0 Å². The Bertz CT molecular complexity index is 323. The van der Waals surface area contributed by atoms with Gasteiger partial charge in [0, 0.05) is 41.1 Å². The summed E-state index contributed by atoms with van der Waals surface area (Å²) >= 11 is 0. The lowest BCUT2D eigenvalue weighted by Gasteiger charge is -2.05. The first-order valence-corrected chi connectivity index (χ1v) is 5.80. The zero-order chi connectivity index (χ0) is 10.6. The Labute approximate surface area is 83.8 Å². The van der Waals surface area contributed by atoms with Gasteiger partial charge >= 0.3 is 0 Å². The Morgan fingerprint density at radius 3 is 2.36 bits per heavy atom. The van der Waals surface area contributed by atoms with Crippen LogP contribution in [0.15, 0.2) is 18.2 Å². The molecule has 0 aliphatic rings. The average molecular weight is 219 g/mol. The van der Waals surface area contributed by atoms with Gasteiger partial charge in [-0.15, -0.1) is 0 Å². The van der Waals surface area contributed by atoms with Gasteiger partial charge in [0.1, 0.15) is 11.6 Å². The molecule has 0 saturated heterocycles. The maximum absolute atomic E-state index is 12.7. The van der Waals surface area contributed by atoms with Gasteiger partial charge in [0.25, 0.3) is 0 Å². The van der Waals surface area contributed by atoms with Crippen LogP contribution in [0.2, 0.25) is 0 Å². The maximum Gasteiger partial charge on any atom is 0.128 e. The molecule has 5 heteroatoms. The van der Waals surface area contributed by atoms with Crippen LogP contribution < -0.4 is 5.32 Å². The molecule has 0 saturated carbocycles. The van der Waals surface area contributed by atoms with Crippen LogP contribution >= 0.6 is 0 Å².